The van der Waals surface area contributed by atoms with Crippen molar-refractivity contribution in [1.82, 2.24) is 0 Å². The van der Waals surface area contributed by atoms with Crippen LogP contribution in [0, 0.1) is 23.5 Å². The van der Waals surface area contributed by atoms with Gasteiger partial charge in [-0.05, 0) is 98.6 Å². The second-order valence-electron chi connectivity index (χ2n) is 8.90. The molecule has 2 saturated carbocycles. The fourth-order valence-corrected chi connectivity index (χ4v) is 5.51. The third-order valence-electron chi connectivity index (χ3n) is 7.01. The molecule has 0 aromatic heterocycles. The van der Waals surface area contributed by atoms with E-state index < -0.39 is 11.6 Å². The summed E-state index contributed by atoms with van der Waals surface area (Å²) >= 11 is 0. The summed E-state index contributed by atoms with van der Waals surface area (Å²) in [7, 11) is 0. The minimum atomic E-state index is -0.489. The predicted octanol–water partition coefficient (Wildman–Crippen LogP) is 7.29. The lowest BCUT2D eigenvalue weighted by molar-refractivity contribution is -0.00957. The van der Waals surface area contributed by atoms with Crippen molar-refractivity contribution in [2.45, 2.75) is 57.5 Å². The number of fused-ring (bicyclic) bond motifs is 1. The number of halogens is 2. The molecule has 2 aliphatic rings. The molecule has 0 bridgehead atoms. The summed E-state index contributed by atoms with van der Waals surface area (Å²) in [6, 6.07) is 9.95. The van der Waals surface area contributed by atoms with E-state index in [-0.39, 0.29) is 11.5 Å². The molecule has 31 heavy (non-hydrogen) atoms. The Morgan fingerprint density at radius 3 is 2.32 bits per heavy atom. The average Bonchev–Trinajstić information content (AvgIpc) is 2.78. The Labute approximate surface area is 184 Å². The molecule has 2 nitrogen and oxygen atoms in total. The van der Waals surface area contributed by atoms with Crippen LogP contribution in [0.5, 0.6) is 5.75 Å². The lowest BCUT2D eigenvalue weighted by Gasteiger charge is -2.42. The molecule has 0 aliphatic heterocycles. The van der Waals surface area contributed by atoms with E-state index >= 15 is 8.78 Å². The second kappa shape index (κ2) is 9.95. The van der Waals surface area contributed by atoms with Crippen molar-refractivity contribution < 1.29 is 18.3 Å². The van der Waals surface area contributed by atoms with Crippen molar-refractivity contribution in [3.8, 4) is 16.9 Å². The first-order valence-corrected chi connectivity index (χ1v) is 11.5. The topological polar surface area (TPSA) is 18.5 Å². The quantitative estimate of drug-likeness (QED) is 0.433. The van der Waals surface area contributed by atoms with Crippen LogP contribution >= 0.6 is 0 Å². The van der Waals surface area contributed by atoms with Gasteiger partial charge in [0, 0.05) is 6.61 Å². The van der Waals surface area contributed by atoms with Crippen LogP contribution in [0.15, 0.2) is 49.1 Å². The van der Waals surface area contributed by atoms with Gasteiger partial charge < -0.3 is 9.47 Å². The molecule has 4 rings (SSSR count). The normalized spacial score (nSPS) is 25.6. The second-order valence-corrected chi connectivity index (χ2v) is 8.90. The van der Waals surface area contributed by atoms with Crippen LogP contribution in [-0.2, 0) is 4.74 Å². The van der Waals surface area contributed by atoms with Crippen molar-refractivity contribution in [3.05, 3.63) is 66.3 Å². The molecule has 4 heteroatoms. The predicted molar refractivity (Wildman–Crippen MR) is 120 cm³/mol. The highest BCUT2D eigenvalue weighted by atomic mass is 19.1. The van der Waals surface area contributed by atoms with Gasteiger partial charge in [0.15, 0.2) is 0 Å². The number of ether oxygens (including phenoxy) is 2. The van der Waals surface area contributed by atoms with Gasteiger partial charge >= 0.3 is 0 Å². The van der Waals surface area contributed by atoms with E-state index in [1.165, 1.54) is 0 Å². The van der Waals surface area contributed by atoms with Crippen molar-refractivity contribution in [3.63, 3.8) is 0 Å². The lowest BCUT2D eigenvalue weighted by atomic mass is 9.65. The molecule has 0 radical (unpaired) electrons. The zero-order chi connectivity index (χ0) is 21.8. The van der Waals surface area contributed by atoms with E-state index in [2.05, 4.69) is 13.5 Å². The first-order chi connectivity index (χ1) is 15.1. The van der Waals surface area contributed by atoms with Crippen LogP contribution in [0.2, 0.25) is 0 Å². The average molecular weight is 427 g/mol. The van der Waals surface area contributed by atoms with E-state index in [4.69, 9.17) is 9.47 Å². The summed E-state index contributed by atoms with van der Waals surface area (Å²) in [6.07, 6.45) is 8.60. The summed E-state index contributed by atoms with van der Waals surface area (Å²) in [4.78, 5) is 0. The van der Waals surface area contributed by atoms with Crippen molar-refractivity contribution in [2.75, 3.05) is 13.2 Å². The molecule has 2 aromatic rings. The van der Waals surface area contributed by atoms with Gasteiger partial charge in [0.1, 0.15) is 24.0 Å². The Bertz CT molecular complexity index is 870. The fraction of sp³-hybridized carbons (Fsp3) is 0.481. The Morgan fingerprint density at radius 2 is 1.65 bits per heavy atom. The van der Waals surface area contributed by atoms with Gasteiger partial charge in [-0.3, -0.25) is 0 Å². The standard InChI is InChI=1S/C27H32F2O2/c1-3-13-31-23-10-7-18(8-11-23)27-25(28)16-22(17-26(27)29)20-5-6-21-15-24(30-4-2)12-9-19(21)14-20/h3,7-8,10-11,16-17,19-21,24H,1,4-6,9,12-15H2,2H3. The highest BCUT2D eigenvalue weighted by Gasteiger charge is 2.36. The summed E-state index contributed by atoms with van der Waals surface area (Å²) in [6.45, 7) is 6.84. The monoisotopic (exact) mass is 426 g/mol. The molecule has 0 N–H and O–H groups in total. The first kappa shape index (κ1) is 22.0. The third-order valence-corrected chi connectivity index (χ3v) is 7.01. The third kappa shape index (κ3) is 5.01. The SMILES string of the molecule is C=CCOc1ccc(-c2c(F)cc(C3CCC4CC(OCC)CCC4C3)cc2F)cc1. The Kier molecular flexibility index (Phi) is 7.06. The van der Waals surface area contributed by atoms with Gasteiger partial charge in [-0.2, -0.15) is 0 Å². The number of benzene rings is 2. The van der Waals surface area contributed by atoms with Crippen molar-refractivity contribution >= 4 is 0 Å². The Balaban J connectivity index is 1.47. The molecule has 0 amide bonds. The van der Waals surface area contributed by atoms with Crippen LogP contribution in [0.4, 0.5) is 8.78 Å². The highest BCUT2D eigenvalue weighted by Crippen LogP contribution is 2.47. The molecular formula is C27H32F2O2. The molecule has 0 saturated heterocycles. The number of hydrogen-bond acceptors (Lipinski definition) is 2. The van der Waals surface area contributed by atoms with E-state index in [9.17, 15) is 0 Å². The van der Waals surface area contributed by atoms with Crippen LogP contribution in [0.25, 0.3) is 11.1 Å². The highest BCUT2D eigenvalue weighted by molar-refractivity contribution is 5.66. The molecule has 0 heterocycles. The summed E-state index contributed by atoms with van der Waals surface area (Å²) in [5, 5.41) is 0. The molecule has 2 aromatic carbocycles. The minimum absolute atomic E-state index is 0.0323. The molecule has 0 spiro atoms. The van der Waals surface area contributed by atoms with Crippen LogP contribution < -0.4 is 4.74 Å². The summed E-state index contributed by atoms with van der Waals surface area (Å²) in [5.74, 6) is 1.24. The maximum absolute atomic E-state index is 15.0. The van der Waals surface area contributed by atoms with Gasteiger partial charge in [-0.25, -0.2) is 8.78 Å². The maximum atomic E-state index is 15.0. The smallest absolute Gasteiger partial charge is 0.134 e. The first-order valence-electron chi connectivity index (χ1n) is 11.5. The van der Waals surface area contributed by atoms with Crippen LogP contribution in [0.1, 0.15) is 56.9 Å². The van der Waals surface area contributed by atoms with Crippen molar-refractivity contribution in [1.29, 1.82) is 0 Å². The molecule has 166 valence electrons. The molecule has 2 aliphatic carbocycles. The minimum Gasteiger partial charge on any atom is -0.490 e. The van der Waals surface area contributed by atoms with Crippen molar-refractivity contribution in [2.24, 2.45) is 11.8 Å². The van der Waals surface area contributed by atoms with Gasteiger partial charge in [0.25, 0.3) is 0 Å². The van der Waals surface area contributed by atoms with E-state index in [0.717, 1.165) is 50.7 Å². The van der Waals surface area contributed by atoms with Gasteiger partial charge in [-0.1, -0.05) is 24.8 Å². The molecule has 4 atom stereocenters. The largest absolute Gasteiger partial charge is 0.490 e. The van der Waals surface area contributed by atoms with E-state index in [1.54, 1.807) is 42.5 Å². The maximum Gasteiger partial charge on any atom is 0.134 e. The van der Waals surface area contributed by atoms with Gasteiger partial charge in [0.2, 0.25) is 0 Å². The number of rotatable bonds is 7. The lowest BCUT2D eigenvalue weighted by Crippen LogP contribution is -2.33. The molecule has 2 fully saturated rings. The van der Waals surface area contributed by atoms with Crippen LogP contribution in [0.3, 0.4) is 0 Å². The van der Waals surface area contributed by atoms with Crippen LogP contribution in [-0.4, -0.2) is 19.3 Å². The zero-order valence-corrected chi connectivity index (χ0v) is 18.3. The number of hydrogen-bond donors (Lipinski definition) is 0. The van der Waals surface area contributed by atoms with Gasteiger partial charge in [0.05, 0.1) is 11.7 Å². The van der Waals surface area contributed by atoms with Gasteiger partial charge in [-0.15, -0.1) is 0 Å². The Morgan fingerprint density at radius 1 is 0.968 bits per heavy atom. The molecular weight excluding hydrogens is 394 g/mol. The summed E-state index contributed by atoms with van der Waals surface area (Å²) < 4.78 is 41.3. The summed E-state index contributed by atoms with van der Waals surface area (Å²) in [5.41, 5.74) is 1.35. The molecule has 4 unspecified atom stereocenters. The van der Waals surface area contributed by atoms with E-state index in [0.29, 0.717) is 35.9 Å². The fourth-order valence-electron chi connectivity index (χ4n) is 5.51. The Hall–Kier alpha value is -2.20. The van der Waals surface area contributed by atoms with E-state index in [1.807, 2.05) is 0 Å². The zero-order valence-electron chi connectivity index (χ0n) is 18.3.